The summed E-state index contributed by atoms with van der Waals surface area (Å²) < 4.78 is 6.01. The number of hydrogen-bond donors (Lipinski definition) is 2. The average Bonchev–Trinajstić information content (AvgIpc) is 3.44. The SMILES string of the molecule is O=[N+]([O-])c1ccc2c(C3=CCN(CCCOc4cccc5[nH]ccc45)CC3)c[nH]c2c1. The molecule has 4 aromatic rings. The van der Waals surface area contributed by atoms with E-state index in [0.717, 1.165) is 65.6 Å². The van der Waals surface area contributed by atoms with Gasteiger partial charge >= 0.3 is 0 Å². The molecular weight excluding hydrogens is 392 g/mol. The van der Waals surface area contributed by atoms with Crippen LogP contribution in [0.1, 0.15) is 18.4 Å². The Balaban J connectivity index is 1.16. The van der Waals surface area contributed by atoms with E-state index in [0.29, 0.717) is 6.61 Å². The van der Waals surface area contributed by atoms with E-state index in [9.17, 15) is 10.1 Å². The zero-order valence-electron chi connectivity index (χ0n) is 17.1. The molecule has 0 bridgehead atoms. The molecule has 0 atom stereocenters. The number of nitro benzene ring substituents is 1. The molecular formula is C24H24N4O3. The molecule has 0 unspecified atom stereocenters. The van der Waals surface area contributed by atoms with E-state index >= 15 is 0 Å². The molecule has 31 heavy (non-hydrogen) atoms. The predicted octanol–water partition coefficient (Wildman–Crippen LogP) is 5.12. The fraction of sp³-hybridized carbons (Fsp3) is 0.250. The first-order valence-corrected chi connectivity index (χ1v) is 10.6. The first-order valence-electron chi connectivity index (χ1n) is 10.6. The summed E-state index contributed by atoms with van der Waals surface area (Å²) in [5, 5.41) is 13.1. The van der Waals surface area contributed by atoms with Gasteiger partial charge < -0.3 is 14.7 Å². The molecule has 158 valence electrons. The van der Waals surface area contributed by atoms with E-state index in [2.05, 4.69) is 27.0 Å². The second-order valence-electron chi connectivity index (χ2n) is 7.87. The van der Waals surface area contributed by atoms with E-state index in [1.807, 2.05) is 36.7 Å². The number of benzene rings is 2. The van der Waals surface area contributed by atoms with E-state index < -0.39 is 0 Å². The molecule has 0 radical (unpaired) electrons. The van der Waals surface area contributed by atoms with Gasteiger partial charge in [0.05, 0.1) is 17.0 Å². The van der Waals surface area contributed by atoms with Crippen molar-refractivity contribution in [3.8, 4) is 5.75 Å². The van der Waals surface area contributed by atoms with Gasteiger partial charge in [-0.1, -0.05) is 12.1 Å². The molecule has 7 nitrogen and oxygen atoms in total. The van der Waals surface area contributed by atoms with Gasteiger partial charge in [-0.15, -0.1) is 0 Å². The van der Waals surface area contributed by atoms with Gasteiger partial charge in [0.2, 0.25) is 0 Å². The number of nitrogens with one attached hydrogen (secondary N) is 2. The number of nitro groups is 1. The molecule has 0 fully saturated rings. The Labute approximate surface area is 179 Å². The third kappa shape index (κ3) is 3.92. The number of hydrogen-bond acceptors (Lipinski definition) is 4. The van der Waals surface area contributed by atoms with Crippen LogP contribution in [0.25, 0.3) is 27.4 Å². The van der Waals surface area contributed by atoms with Gasteiger partial charge in [-0.25, -0.2) is 0 Å². The second kappa shape index (κ2) is 8.28. The summed E-state index contributed by atoms with van der Waals surface area (Å²) in [6.45, 7) is 3.59. The number of aromatic amines is 2. The van der Waals surface area contributed by atoms with Crippen LogP contribution in [-0.2, 0) is 0 Å². The van der Waals surface area contributed by atoms with Crippen LogP contribution < -0.4 is 4.74 Å². The maximum Gasteiger partial charge on any atom is 0.271 e. The number of fused-ring (bicyclic) bond motifs is 2. The van der Waals surface area contributed by atoms with Crippen molar-refractivity contribution >= 4 is 33.1 Å². The van der Waals surface area contributed by atoms with Crippen molar-refractivity contribution in [2.45, 2.75) is 12.8 Å². The minimum atomic E-state index is -0.361. The highest BCUT2D eigenvalue weighted by Crippen LogP contribution is 2.31. The van der Waals surface area contributed by atoms with Gasteiger partial charge in [0.25, 0.3) is 5.69 Å². The van der Waals surface area contributed by atoms with Crippen LogP contribution in [0.15, 0.2) is 60.9 Å². The molecule has 1 aliphatic rings. The third-order valence-electron chi connectivity index (χ3n) is 5.95. The van der Waals surface area contributed by atoms with Crippen LogP contribution in [0.3, 0.4) is 0 Å². The van der Waals surface area contributed by atoms with Crippen LogP contribution in [0.5, 0.6) is 5.75 Å². The van der Waals surface area contributed by atoms with Crippen molar-refractivity contribution in [2.75, 3.05) is 26.2 Å². The molecule has 2 aromatic carbocycles. The highest BCUT2D eigenvalue weighted by Gasteiger charge is 2.17. The topological polar surface area (TPSA) is 87.2 Å². The smallest absolute Gasteiger partial charge is 0.271 e. The molecule has 0 aliphatic carbocycles. The Hall–Kier alpha value is -3.58. The first-order chi connectivity index (χ1) is 15.2. The summed E-state index contributed by atoms with van der Waals surface area (Å²) in [7, 11) is 0. The van der Waals surface area contributed by atoms with Crippen LogP contribution >= 0.6 is 0 Å². The lowest BCUT2D eigenvalue weighted by Gasteiger charge is -2.26. The lowest BCUT2D eigenvalue weighted by molar-refractivity contribution is -0.384. The fourth-order valence-corrected chi connectivity index (χ4v) is 4.31. The number of rotatable bonds is 7. The van der Waals surface area contributed by atoms with Crippen molar-refractivity contribution in [3.05, 3.63) is 76.6 Å². The van der Waals surface area contributed by atoms with Crippen molar-refractivity contribution < 1.29 is 9.66 Å². The van der Waals surface area contributed by atoms with Gasteiger partial charge in [0.1, 0.15) is 5.75 Å². The third-order valence-corrected chi connectivity index (χ3v) is 5.95. The largest absolute Gasteiger partial charge is 0.493 e. The van der Waals surface area contributed by atoms with Crippen molar-refractivity contribution in [1.29, 1.82) is 0 Å². The summed E-state index contributed by atoms with van der Waals surface area (Å²) in [6.07, 6.45) is 8.11. The average molecular weight is 416 g/mol. The molecule has 0 spiro atoms. The van der Waals surface area contributed by atoms with Gasteiger partial charge in [0, 0.05) is 66.0 Å². The predicted molar refractivity (Wildman–Crippen MR) is 122 cm³/mol. The zero-order chi connectivity index (χ0) is 21.2. The maximum absolute atomic E-state index is 11.0. The minimum absolute atomic E-state index is 0.111. The Bertz CT molecular complexity index is 1270. The van der Waals surface area contributed by atoms with Crippen LogP contribution in [0.2, 0.25) is 0 Å². The van der Waals surface area contributed by atoms with Crippen molar-refractivity contribution in [3.63, 3.8) is 0 Å². The Morgan fingerprint density at radius 2 is 2.03 bits per heavy atom. The Morgan fingerprint density at radius 1 is 1.10 bits per heavy atom. The van der Waals surface area contributed by atoms with Gasteiger partial charge in [-0.3, -0.25) is 15.0 Å². The fourth-order valence-electron chi connectivity index (χ4n) is 4.31. The maximum atomic E-state index is 11.0. The molecule has 0 saturated heterocycles. The molecule has 0 amide bonds. The lowest BCUT2D eigenvalue weighted by Crippen LogP contribution is -2.30. The second-order valence-corrected chi connectivity index (χ2v) is 7.87. The molecule has 7 heteroatoms. The van der Waals surface area contributed by atoms with E-state index in [-0.39, 0.29) is 10.6 Å². The van der Waals surface area contributed by atoms with Crippen molar-refractivity contribution in [2.24, 2.45) is 0 Å². The summed E-state index contributed by atoms with van der Waals surface area (Å²) >= 11 is 0. The number of H-pyrrole nitrogens is 2. The van der Waals surface area contributed by atoms with Crippen molar-refractivity contribution in [1.82, 2.24) is 14.9 Å². The highest BCUT2D eigenvalue weighted by molar-refractivity contribution is 5.94. The van der Waals surface area contributed by atoms with Crippen LogP contribution in [0, 0.1) is 10.1 Å². The zero-order valence-corrected chi connectivity index (χ0v) is 17.1. The standard InChI is InChI=1S/C24H24N4O3/c29-28(30)18-5-6-19-21(16-26-23(19)15-18)17-8-12-27(13-9-17)11-2-14-31-24-4-1-3-22-20(24)7-10-25-22/h1,3-8,10,15-16,25-26H,2,9,11-14H2. The quantitative estimate of drug-likeness (QED) is 0.249. The van der Waals surface area contributed by atoms with Crippen LogP contribution in [-0.4, -0.2) is 46.0 Å². The minimum Gasteiger partial charge on any atom is -0.493 e. The normalized spacial score (nSPS) is 14.8. The molecule has 0 saturated carbocycles. The summed E-state index contributed by atoms with van der Waals surface area (Å²) in [5.41, 5.74) is 4.46. The van der Waals surface area contributed by atoms with Crippen LogP contribution in [0.4, 0.5) is 5.69 Å². The molecule has 2 N–H and O–H groups in total. The van der Waals surface area contributed by atoms with Gasteiger partial charge in [0.15, 0.2) is 0 Å². The van der Waals surface area contributed by atoms with Gasteiger partial charge in [-0.2, -0.15) is 0 Å². The van der Waals surface area contributed by atoms with Gasteiger partial charge in [-0.05, 0) is 42.7 Å². The molecule has 2 aromatic heterocycles. The number of ether oxygens (including phenoxy) is 1. The monoisotopic (exact) mass is 416 g/mol. The van der Waals surface area contributed by atoms with E-state index in [4.69, 9.17) is 4.74 Å². The molecule has 5 rings (SSSR count). The number of nitrogens with zero attached hydrogens (tertiary/aromatic N) is 2. The first kappa shape index (κ1) is 19.4. The lowest BCUT2D eigenvalue weighted by atomic mass is 9.98. The number of non-ortho nitro benzene ring substituents is 1. The van der Waals surface area contributed by atoms with E-state index in [1.165, 1.54) is 5.57 Å². The molecule has 3 heterocycles. The highest BCUT2D eigenvalue weighted by atomic mass is 16.6. The number of aromatic nitrogens is 2. The Morgan fingerprint density at radius 3 is 2.87 bits per heavy atom. The molecule has 1 aliphatic heterocycles. The Kier molecular flexibility index (Phi) is 5.18. The summed E-state index contributed by atoms with van der Waals surface area (Å²) in [4.78, 5) is 19.5. The summed E-state index contributed by atoms with van der Waals surface area (Å²) in [5.74, 6) is 0.930. The van der Waals surface area contributed by atoms with E-state index in [1.54, 1.807) is 12.1 Å². The summed E-state index contributed by atoms with van der Waals surface area (Å²) in [6, 6.07) is 13.1.